The number of likely N-dealkylation sites (tertiary alicyclic amines) is 1. The van der Waals surface area contributed by atoms with E-state index in [0.29, 0.717) is 37.6 Å². The number of aromatic nitrogens is 1. The van der Waals surface area contributed by atoms with Gasteiger partial charge in [-0.1, -0.05) is 18.2 Å². The number of hydrogen-bond acceptors (Lipinski definition) is 5. The summed E-state index contributed by atoms with van der Waals surface area (Å²) >= 11 is 0. The van der Waals surface area contributed by atoms with Crippen molar-refractivity contribution in [1.82, 2.24) is 15.2 Å². The molecule has 1 fully saturated rings. The zero-order chi connectivity index (χ0) is 22.9. The van der Waals surface area contributed by atoms with Crippen molar-refractivity contribution in [2.75, 3.05) is 26.2 Å². The normalized spacial score (nSPS) is 17.5. The molecule has 2 aliphatic heterocycles. The van der Waals surface area contributed by atoms with Crippen molar-refractivity contribution in [2.24, 2.45) is 0 Å². The molecule has 1 aromatic carbocycles. The van der Waals surface area contributed by atoms with Crippen LogP contribution < -0.4 is 10.1 Å². The van der Waals surface area contributed by atoms with Crippen LogP contribution >= 0.6 is 0 Å². The van der Waals surface area contributed by atoms with E-state index in [-0.39, 0.29) is 17.4 Å². The maximum Gasteiger partial charge on any atom is 0.410 e. The van der Waals surface area contributed by atoms with Crippen molar-refractivity contribution < 1.29 is 19.1 Å². The quantitative estimate of drug-likeness (QED) is 0.780. The minimum atomic E-state index is -0.518. The van der Waals surface area contributed by atoms with E-state index in [1.807, 2.05) is 64.1 Å². The summed E-state index contributed by atoms with van der Waals surface area (Å²) in [5.74, 6) is 0.593. The summed E-state index contributed by atoms with van der Waals surface area (Å²) in [6.07, 6.45) is 1.21. The third-order valence-corrected chi connectivity index (χ3v) is 6.10. The first-order valence-corrected chi connectivity index (χ1v) is 11.2. The molecule has 0 bridgehead atoms. The number of fused-ring (bicyclic) bond motifs is 2. The van der Waals surface area contributed by atoms with E-state index in [1.165, 1.54) is 0 Å². The molecule has 0 atom stereocenters. The van der Waals surface area contributed by atoms with E-state index in [4.69, 9.17) is 14.5 Å². The monoisotopic (exact) mass is 437 g/mol. The molecule has 2 amide bonds. The van der Waals surface area contributed by atoms with E-state index in [2.05, 4.69) is 5.32 Å². The van der Waals surface area contributed by atoms with Gasteiger partial charge in [0.1, 0.15) is 17.0 Å². The van der Waals surface area contributed by atoms with Crippen LogP contribution in [0.2, 0.25) is 0 Å². The van der Waals surface area contributed by atoms with Crippen LogP contribution in [0.15, 0.2) is 36.4 Å². The third kappa shape index (κ3) is 4.29. The predicted octanol–water partition coefficient (Wildman–Crippen LogP) is 4.16. The first-order chi connectivity index (χ1) is 15.2. The number of nitrogens with one attached hydrogen (secondary N) is 1. The Bertz CT molecular complexity index is 1020. The number of pyridine rings is 1. The Labute approximate surface area is 189 Å². The zero-order valence-electron chi connectivity index (χ0n) is 19.2. The lowest BCUT2D eigenvalue weighted by Gasteiger charge is -2.44. The van der Waals surface area contributed by atoms with Crippen LogP contribution in [-0.4, -0.2) is 53.7 Å². The van der Waals surface area contributed by atoms with E-state index in [1.54, 1.807) is 4.90 Å². The highest BCUT2D eigenvalue weighted by Gasteiger charge is 2.44. The van der Waals surface area contributed by atoms with Gasteiger partial charge in [-0.2, -0.15) is 0 Å². The van der Waals surface area contributed by atoms with Crippen molar-refractivity contribution in [3.05, 3.63) is 47.7 Å². The summed E-state index contributed by atoms with van der Waals surface area (Å²) in [6.45, 7) is 9.83. The Morgan fingerprint density at radius 2 is 1.88 bits per heavy atom. The van der Waals surface area contributed by atoms with Gasteiger partial charge in [0.05, 0.1) is 12.3 Å². The number of nitrogens with zero attached hydrogens (tertiary/aromatic N) is 2. The second-order valence-corrected chi connectivity index (χ2v) is 9.45. The van der Waals surface area contributed by atoms with Crippen molar-refractivity contribution in [1.29, 1.82) is 0 Å². The number of piperidine rings is 1. The van der Waals surface area contributed by atoms with Crippen LogP contribution in [0.4, 0.5) is 4.79 Å². The Morgan fingerprint density at radius 3 is 2.56 bits per heavy atom. The van der Waals surface area contributed by atoms with Gasteiger partial charge in [0.25, 0.3) is 5.91 Å². The van der Waals surface area contributed by atoms with Crippen LogP contribution in [0.1, 0.15) is 56.6 Å². The molecule has 7 heteroatoms. The number of carbonyl (C=O) groups is 2. The van der Waals surface area contributed by atoms with Crippen molar-refractivity contribution in [2.45, 2.75) is 51.6 Å². The minimum absolute atomic E-state index is 0.157. The first-order valence-electron chi connectivity index (χ1n) is 11.2. The van der Waals surface area contributed by atoms with Gasteiger partial charge in [0.15, 0.2) is 0 Å². The number of carbonyl (C=O) groups excluding carboxylic acids is 2. The Morgan fingerprint density at radius 1 is 1.16 bits per heavy atom. The van der Waals surface area contributed by atoms with Gasteiger partial charge in [0, 0.05) is 30.6 Å². The number of rotatable bonds is 3. The molecule has 7 nitrogen and oxygen atoms in total. The van der Waals surface area contributed by atoms with E-state index < -0.39 is 5.60 Å². The maximum atomic E-state index is 12.7. The topological polar surface area (TPSA) is 80.8 Å². The highest BCUT2D eigenvalue weighted by atomic mass is 16.6. The van der Waals surface area contributed by atoms with Crippen molar-refractivity contribution in [3.8, 4) is 17.0 Å². The predicted molar refractivity (Wildman–Crippen MR) is 122 cm³/mol. The Hall–Kier alpha value is -3.09. The van der Waals surface area contributed by atoms with Crippen LogP contribution in [0.5, 0.6) is 5.75 Å². The lowest BCUT2D eigenvalue weighted by atomic mass is 9.70. The summed E-state index contributed by atoms with van der Waals surface area (Å²) in [5, 5.41) is 3.03. The lowest BCUT2D eigenvalue weighted by molar-refractivity contribution is 0.0158. The average molecular weight is 438 g/mol. The third-order valence-electron chi connectivity index (χ3n) is 6.10. The first kappa shape index (κ1) is 22.1. The fraction of sp³-hybridized carbons (Fsp3) is 0.480. The minimum Gasteiger partial charge on any atom is -0.493 e. The van der Waals surface area contributed by atoms with Gasteiger partial charge < -0.3 is 19.7 Å². The van der Waals surface area contributed by atoms with Gasteiger partial charge in [-0.3, -0.25) is 4.79 Å². The Balaban J connectivity index is 1.60. The molecule has 2 aliphatic rings. The highest BCUT2D eigenvalue weighted by Crippen LogP contribution is 2.40. The number of para-hydroxylation sites is 1. The molecule has 0 unspecified atom stereocenters. The molecular formula is C25H31N3O4. The standard InChI is InChI=1S/C25H31N3O4/c1-5-31-20-9-7-6-8-17(20)19-11-10-18-21(27-19)22(29)26-16-25(18)12-14-28(15-13-25)23(30)32-24(2,3)4/h6-11H,5,12-16H2,1-4H3,(H,26,29). The van der Waals surface area contributed by atoms with Crippen molar-refractivity contribution in [3.63, 3.8) is 0 Å². The fourth-order valence-corrected chi connectivity index (χ4v) is 4.49. The summed E-state index contributed by atoms with van der Waals surface area (Å²) in [7, 11) is 0. The SMILES string of the molecule is CCOc1ccccc1-c1ccc2c(n1)C(=O)NCC21CCN(C(=O)OC(C)(C)C)CC1. The molecule has 1 saturated heterocycles. The summed E-state index contributed by atoms with van der Waals surface area (Å²) < 4.78 is 11.3. The van der Waals surface area contributed by atoms with E-state index in [0.717, 1.165) is 29.7 Å². The van der Waals surface area contributed by atoms with Crippen LogP contribution in [0, 0.1) is 0 Å². The maximum absolute atomic E-state index is 12.7. The van der Waals surface area contributed by atoms with Crippen molar-refractivity contribution >= 4 is 12.0 Å². The second kappa shape index (κ2) is 8.45. The van der Waals surface area contributed by atoms with E-state index >= 15 is 0 Å². The number of ether oxygens (including phenoxy) is 2. The molecule has 2 aromatic rings. The van der Waals surface area contributed by atoms with Gasteiger partial charge in [-0.05, 0) is 64.3 Å². The smallest absolute Gasteiger partial charge is 0.410 e. The number of amides is 2. The highest BCUT2D eigenvalue weighted by molar-refractivity contribution is 5.96. The van der Waals surface area contributed by atoms with Crippen LogP contribution in [-0.2, 0) is 10.2 Å². The summed E-state index contributed by atoms with van der Waals surface area (Å²) in [4.78, 5) is 31.7. The van der Waals surface area contributed by atoms with Gasteiger partial charge >= 0.3 is 6.09 Å². The largest absolute Gasteiger partial charge is 0.493 e. The number of benzene rings is 1. The molecular weight excluding hydrogens is 406 g/mol. The van der Waals surface area contributed by atoms with Crippen LogP contribution in [0.25, 0.3) is 11.3 Å². The average Bonchev–Trinajstić information content (AvgIpc) is 2.76. The molecule has 0 radical (unpaired) electrons. The van der Waals surface area contributed by atoms with Gasteiger partial charge in [-0.25, -0.2) is 9.78 Å². The Kier molecular flexibility index (Phi) is 5.84. The molecule has 1 aromatic heterocycles. The molecule has 0 saturated carbocycles. The lowest BCUT2D eigenvalue weighted by Crippen LogP contribution is -2.54. The van der Waals surface area contributed by atoms with Crippen LogP contribution in [0.3, 0.4) is 0 Å². The molecule has 4 rings (SSSR count). The molecule has 170 valence electrons. The van der Waals surface area contributed by atoms with Gasteiger partial charge in [-0.15, -0.1) is 0 Å². The summed E-state index contributed by atoms with van der Waals surface area (Å²) in [5.41, 5.74) is 2.26. The molecule has 32 heavy (non-hydrogen) atoms. The molecule has 1 spiro atoms. The fourth-order valence-electron chi connectivity index (χ4n) is 4.49. The molecule has 0 aliphatic carbocycles. The zero-order valence-corrected chi connectivity index (χ0v) is 19.2. The van der Waals surface area contributed by atoms with E-state index in [9.17, 15) is 9.59 Å². The number of hydrogen-bond donors (Lipinski definition) is 1. The second-order valence-electron chi connectivity index (χ2n) is 9.45. The molecule has 1 N–H and O–H groups in total. The molecule has 3 heterocycles. The van der Waals surface area contributed by atoms with Gasteiger partial charge in [0.2, 0.25) is 0 Å². The summed E-state index contributed by atoms with van der Waals surface area (Å²) in [6, 6.07) is 11.7.